The van der Waals surface area contributed by atoms with Crippen LogP contribution in [0.3, 0.4) is 0 Å². The minimum atomic E-state index is -0.416. The Morgan fingerprint density at radius 3 is 2.95 bits per heavy atom. The van der Waals surface area contributed by atoms with Gasteiger partial charge in [-0.05, 0) is 25.5 Å². The zero-order chi connectivity index (χ0) is 13.8. The molecule has 5 nitrogen and oxygen atoms in total. The summed E-state index contributed by atoms with van der Waals surface area (Å²) in [5.74, 6) is 0.861. The number of imidazole rings is 1. The van der Waals surface area contributed by atoms with Crippen LogP contribution in [-0.4, -0.2) is 28.0 Å². The molecule has 0 spiro atoms. The summed E-state index contributed by atoms with van der Waals surface area (Å²) >= 11 is 0. The zero-order valence-corrected chi connectivity index (χ0v) is 11.4. The highest BCUT2D eigenvalue weighted by Gasteiger charge is 2.11. The molecule has 5 heteroatoms. The molecule has 0 radical (unpaired) electrons. The monoisotopic (exact) mass is 260 g/mol. The van der Waals surface area contributed by atoms with Crippen molar-refractivity contribution in [3.05, 3.63) is 30.1 Å². The van der Waals surface area contributed by atoms with Crippen LogP contribution in [0, 0.1) is 6.92 Å². The summed E-state index contributed by atoms with van der Waals surface area (Å²) in [6.07, 6.45) is 0.652. The van der Waals surface area contributed by atoms with E-state index in [9.17, 15) is 4.79 Å². The Kier molecular flexibility index (Phi) is 4.16. The number of nitrogens with two attached hydrogens (primary N) is 1. The molecule has 3 N–H and O–H groups in total. The van der Waals surface area contributed by atoms with Gasteiger partial charge in [0.05, 0.1) is 17.1 Å². The lowest BCUT2D eigenvalue weighted by atomic mass is 10.2. The Balaban J connectivity index is 2.02. The average Bonchev–Trinajstić information content (AvgIpc) is 2.74. The molecule has 0 aliphatic carbocycles. The predicted octanol–water partition coefficient (Wildman–Crippen LogP) is 1.20. The largest absolute Gasteiger partial charge is 0.353 e. The van der Waals surface area contributed by atoms with Crippen LogP contribution < -0.4 is 11.1 Å². The van der Waals surface area contributed by atoms with Crippen LogP contribution in [0.15, 0.2) is 24.3 Å². The minimum absolute atomic E-state index is 0.0930. The Bertz CT molecular complexity index is 576. The van der Waals surface area contributed by atoms with Gasteiger partial charge in [0.15, 0.2) is 0 Å². The van der Waals surface area contributed by atoms with Gasteiger partial charge in [-0.3, -0.25) is 4.79 Å². The maximum atomic E-state index is 11.6. The van der Waals surface area contributed by atoms with E-state index < -0.39 is 6.04 Å². The van der Waals surface area contributed by atoms with Gasteiger partial charge in [0, 0.05) is 13.1 Å². The molecular formula is C14H20N4O. The highest BCUT2D eigenvalue weighted by molar-refractivity contribution is 5.81. The van der Waals surface area contributed by atoms with E-state index in [1.807, 2.05) is 38.1 Å². The van der Waals surface area contributed by atoms with E-state index in [0.29, 0.717) is 19.5 Å². The summed E-state index contributed by atoms with van der Waals surface area (Å²) in [4.78, 5) is 16.1. The fourth-order valence-electron chi connectivity index (χ4n) is 2.09. The lowest BCUT2D eigenvalue weighted by Gasteiger charge is -2.11. The maximum Gasteiger partial charge on any atom is 0.236 e. The van der Waals surface area contributed by atoms with E-state index in [1.165, 1.54) is 0 Å². The summed E-state index contributed by atoms with van der Waals surface area (Å²) in [6.45, 7) is 5.14. The summed E-state index contributed by atoms with van der Waals surface area (Å²) in [7, 11) is 0. The van der Waals surface area contributed by atoms with Crippen LogP contribution >= 0.6 is 0 Å². The average molecular weight is 260 g/mol. The van der Waals surface area contributed by atoms with Gasteiger partial charge in [0.1, 0.15) is 5.82 Å². The Labute approximate surface area is 112 Å². The molecule has 1 heterocycles. The molecule has 1 aromatic heterocycles. The number of amides is 1. The van der Waals surface area contributed by atoms with Gasteiger partial charge in [0.25, 0.3) is 0 Å². The summed E-state index contributed by atoms with van der Waals surface area (Å²) < 4.78 is 2.10. The molecule has 2 rings (SSSR count). The number of fused-ring (bicyclic) bond motifs is 1. The quantitative estimate of drug-likeness (QED) is 0.848. The lowest BCUT2D eigenvalue weighted by molar-refractivity contribution is -0.122. The van der Waals surface area contributed by atoms with Gasteiger partial charge in [-0.15, -0.1) is 0 Å². The Hall–Kier alpha value is -1.88. The van der Waals surface area contributed by atoms with Crippen LogP contribution in [0.25, 0.3) is 11.0 Å². The second-order valence-electron chi connectivity index (χ2n) is 4.61. The summed E-state index contributed by atoms with van der Waals surface area (Å²) in [6, 6.07) is 7.58. The second kappa shape index (κ2) is 5.84. The smallest absolute Gasteiger partial charge is 0.236 e. The SMILES string of the molecule is CC[C@H](N)C(=O)NCCn1c(C)nc2ccccc21. The first kappa shape index (κ1) is 13.5. The van der Waals surface area contributed by atoms with E-state index in [4.69, 9.17) is 5.73 Å². The van der Waals surface area contributed by atoms with E-state index in [2.05, 4.69) is 14.9 Å². The van der Waals surface area contributed by atoms with Crippen molar-refractivity contribution >= 4 is 16.9 Å². The second-order valence-corrected chi connectivity index (χ2v) is 4.61. The number of rotatable bonds is 5. The number of nitrogens with one attached hydrogen (secondary N) is 1. The zero-order valence-electron chi connectivity index (χ0n) is 11.4. The number of nitrogens with zero attached hydrogens (tertiary/aromatic N) is 2. The van der Waals surface area contributed by atoms with Crippen molar-refractivity contribution in [3.63, 3.8) is 0 Å². The summed E-state index contributed by atoms with van der Waals surface area (Å²) in [5.41, 5.74) is 7.74. The van der Waals surface area contributed by atoms with Gasteiger partial charge in [0.2, 0.25) is 5.91 Å². The molecule has 2 aromatic rings. The van der Waals surface area contributed by atoms with Crippen molar-refractivity contribution in [2.75, 3.05) is 6.54 Å². The highest BCUT2D eigenvalue weighted by atomic mass is 16.2. The van der Waals surface area contributed by atoms with E-state index >= 15 is 0 Å². The van der Waals surface area contributed by atoms with Crippen molar-refractivity contribution in [2.24, 2.45) is 5.73 Å². The Morgan fingerprint density at radius 1 is 1.47 bits per heavy atom. The van der Waals surface area contributed by atoms with E-state index in [0.717, 1.165) is 16.9 Å². The minimum Gasteiger partial charge on any atom is -0.353 e. The third-order valence-corrected chi connectivity index (χ3v) is 3.26. The standard InChI is InChI=1S/C14H20N4O/c1-3-11(15)14(19)16-8-9-18-10(2)17-12-6-4-5-7-13(12)18/h4-7,11H,3,8-9,15H2,1-2H3,(H,16,19)/t11-/m0/s1. The van der Waals surface area contributed by atoms with E-state index in [-0.39, 0.29) is 5.91 Å². The van der Waals surface area contributed by atoms with Crippen LogP contribution in [0.4, 0.5) is 0 Å². The van der Waals surface area contributed by atoms with Crippen LogP contribution in [0.5, 0.6) is 0 Å². The molecule has 0 saturated carbocycles. The number of aryl methyl sites for hydroxylation is 1. The third-order valence-electron chi connectivity index (χ3n) is 3.26. The van der Waals surface area contributed by atoms with Crippen molar-refractivity contribution in [3.8, 4) is 0 Å². The molecule has 102 valence electrons. The van der Waals surface area contributed by atoms with Gasteiger partial charge < -0.3 is 15.6 Å². The highest BCUT2D eigenvalue weighted by Crippen LogP contribution is 2.14. The molecule has 0 fully saturated rings. The van der Waals surface area contributed by atoms with Gasteiger partial charge in [-0.2, -0.15) is 0 Å². The predicted molar refractivity (Wildman–Crippen MR) is 75.7 cm³/mol. The maximum absolute atomic E-state index is 11.6. The van der Waals surface area contributed by atoms with Crippen LogP contribution in [-0.2, 0) is 11.3 Å². The molecule has 0 bridgehead atoms. The molecule has 0 saturated heterocycles. The number of hydrogen-bond acceptors (Lipinski definition) is 3. The van der Waals surface area contributed by atoms with Crippen molar-refractivity contribution in [2.45, 2.75) is 32.9 Å². The molecule has 0 aliphatic heterocycles. The number of hydrogen-bond donors (Lipinski definition) is 2. The first-order valence-corrected chi connectivity index (χ1v) is 6.58. The Morgan fingerprint density at radius 2 is 2.21 bits per heavy atom. The normalized spacial score (nSPS) is 12.6. The molecule has 0 aliphatic rings. The number of carbonyl (C=O) groups is 1. The number of aromatic nitrogens is 2. The van der Waals surface area contributed by atoms with Gasteiger partial charge in [-0.1, -0.05) is 19.1 Å². The van der Waals surface area contributed by atoms with Gasteiger partial charge >= 0.3 is 0 Å². The fraction of sp³-hybridized carbons (Fsp3) is 0.429. The lowest BCUT2D eigenvalue weighted by Crippen LogP contribution is -2.41. The van der Waals surface area contributed by atoms with Crippen molar-refractivity contribution in [1.82, 2.24) is 14.9 Å². The van der Waals surface area contributed by atoms with Crippen LogP contribution in [0.1, 0.15) is 19.2 Å². The number of carbonyl (C=O) groups excluding carboxylic acids is 1. The molecule has 0 unspecified atom stereocenters. The van der Waals surface area contributed by atoms with E-state index in [1.54, 1.807) is 0 Å². The van der Waals surface area contributed by atoms with Crippen LogP contribution in [0.2, 0.25) is 0 Å². The fourth-order valence-corrected chi connectivity index (χ4v) is 2.09. The topological polar surface area (TPSA) is 72.9 Å². The number of para-hydroxylation sites is 2. The molecule has 19 heavy (non-hydrogen) atoms. The molecule has 1 aromatic carbocycles. The van der Waals surface area contributed by atoms with Crippen molar-refractivity contribution in [1.29, 1.82) is 0 Å². The summed E-state index contributed by atoms with van der Waals surface area (Å²) in [5, 5.41) is 2.85. The molecular weight excluding hydrogens is 240 g/mol. The van der Waals surface area contributed by atoms with Crippen molar-refractivity contribution < 1.29 is 4.79 Å². The third kappa shape index (κ3) is 2.93. The first-order chi connectivity index (χ1) is 9.13. The van der Waals surface area contributed by atoms with Gasteiger partial charge in [-0.25, -0.2) is 4.98 Å². The first-order valence-electron chi connectivity index (χ1n) is 6.58. The molecule has 1 amide bonds. The number of benzene rings is 1. The molecule has 1 atom stereocenters.